The highest BCUT2D eigenvalue weighted by Gasteiger charge is 2.24. The van der Waals surface area contributed by atoms with E-state index in [0.29, 0.717) is 11.7 Å². The van der Waals surface area contributed by atoms with Crippen LogP contribution in [0.4, 0.5) is 5.69 Å². The van der Waals surface area contributed by atoms with Gasteiger partial charge in [0.2, 0.25) is 0 Å². The zero-order valence-corrected chi connectivity index (χ0v) is 10.0. The number of nitrogens with one attached hydrogen (secondary N) is 1. The Morgan fingerprint density at radius 1 is 1.41 bits per heavy atom. The van der Waals surface area contributed by atoms with Crippen molar-refractivity contribution in [1.29, 1.82) is 5.26 Å². The molecule has 0 saturated heterocycles. The third-order valence-electron chi connectivity index (χ3n) is 3.24. The van der Waals surface area contributed by atoms with E-state index in [9.17, 15) is 0 Å². The van der Waals surface area contributed by atoms with Crippen LogP contribution in [0.5, 0.6) is 0 Å². The average molecular weight is 231 g/mol. The number of nitrogens with zero attached hydrogens (tertiary/aromatic N) is 2. The Bertz CT molecular complexity index is 396. The zero-order valence-electron chi connectivity index (χ0n) is 10.0. The third-order valence-corrected chi connectivity index (χ3v) is 3.24. The van der Waals surface area contributed by atoms with Crippen molar-refractivity contribution < 1.29 is 4.74 Å². The molecule has 0 bridgehead atoms. The van der Waals surface area contributed by atoms with Gasteiger partial charge in [-0.15, -0.1) is 0 Å². The summed E-state index contributed by atoms with van der Waals surface area (Å²) in [6.45, 7) is 0. The highest BCUT2D eigenvalue weighted by molar-refractivity contribution is 5.43. The van der Waals surface area contributed by atoms with Crippen LogP contribution in [0.2, 0.25) is 0 Å². The number of methoxy groups -OCH3 is 1. The maximum Gasteiger partial charge on any atom is 0.140 e. The first-order valence-corrected chi connectivity index (χ1v) is 5.99. The molecule has 0 radical (unpaired) electrons. The van der Waals surface area contributed by atoms with Gasteiger partial charge < -0.3 is 10.1 Å². The lowest BCUT2D eigenvalue weighted by Crippen LogP contribution is -2.37. The molecular formula is C13H17N3O. The maximum atomic E-state index is 8.68. The van der Waals surface area contributed by atoms with Crippen LogP contribution in [0.25, 0.3) is 0 Å². The van der Waals surface area contributed by atoms with Gasteiger partial charge in [0.1, 0.15) is 11.8 Å². The van der Waals surface area contributed by atoms with Gasteiger partial charge in [-0.1, -0.05) is 12.8 Å². The molecule has 0 amide bonds. The molecule has 1 saturated carbocycles. The Labute approximate surface area is 102 Å². The lowest BCUT2D eigenvalue weighted by molar-refractivity contribution is 0.0606. The molecule has 1 fully saturated rings. The van der Waals surface area contributed by atoms with E-state index >= 15 is 0 Å². The minimum Gasteiger partial charge on any atom is -0.379 e. The van der Waals surface area contributed by atoms with Gasteiger partial charge in [0.25, 0.3) is 0 Å². The highest BCUT2D eigenvalue weighted by Crippen LogP contribution is 2.23. The second kappa shape index (κ2) is 5.65. The van der Waals surface area contributed by atoms with Crippen molar-refractivity contribution in [3.05, 3.63) is 24.0 Å². The average Bonchev–Trinajstić information content (AvgIpc) is 2.40. The second-order valence-corrected chi connectivity index (χ2v) is 4.35. The number of nitriles is 1. The Morgan fingerprint density at radius 2 is 2.24 bits per heavy atom. The summed E-state index contributed by atoms with van der Waals surface area (Å²) in [7, 11) is 1.77. The largest absolute Gasteiger partial charge is 0.379 e. The molecule has 0 unspecified atom stereocenters. The van der Waals surface area contributed by atoms with Gasteiger partial charge in [-0.05, 0) is 25.0 Å². The van der Waals surface area contributed by atoms with E-state index in [1.807, 2.05) is 12.1 Å². The number of hydrogen-bond acceptors (Lipinski definition) is 4. The van der Waals surface area contributed by atoms with Crippen molar-refractivity contribution in [2.75, 3.05) is 12.4 Å². The molecule has 1 heterocycles. The summed E-state index contributed by atoms with van der Waals surface area (Å²) < 4.78 is 5.49. The number of ether oxygens (including phenoxy) is 1. The lowest BCUT2D eigenvalue weighted by Gasteiger charge is -2.31. The molecule has 1 aliphatic carbocycles. The number of aromatic nitrogens is 1. The van der Waals surface area contributed by atoms with Gasteiger partial charge >= 0.3 is 0 Å². The molecule has 2 rings (SSSR count). The van der Waals surface area contributed by atoms with Crippen molar-refractivity contribution in [1.82, 2.24) is 4.98 Å². The predicted molar refractivity (Wildman–Crippen MR) is 65.6 cm³/mol. The summed E-state index contributed by atoms with van der Waals surface area (Å²) in [5, 5.41) is 12.1. The summed E-state index contributed by atoms with van der Waals surface area (Å²) in [5.41, 5.74) is 1.40. The summed E-state index contributed by atoms with van der Waals surface area (Å²) in [4.78, 5) is 4.05. The van der Waals surface area contributed by atoms with E-state index in [1.54, 1.807) is 19.4 Å². The number of anilines is 1. The Morgan fingerprint density at radius 3 is 2.88 bits per heavy atom. The lowest BCUT2D eigenvalue weighted by atomic mass is 9.92. The molecule has 4 heteroatoms. The molecular weight excluding hydrogens is 214 g/mol. The number of rotatable bonds is 3. The van der Waals surface area contributed by atoms with Crippen LogP contribution < -0.4 is 5.32 Å². The van der Waals surface area contributed by atoms with Crippen LogP contribution in [0.15, 0.2) is 18.3 Å². The van der Waals surface area contributed by atoms with Crippen LogP contribution in [0.1, 0.15) is 31.4 Å². The van der Waals surface area contributed by atoms with Gasteiger partial charge in [0, 0.05) is 7.11 Å². The predicted octanol–water partition coefficient (Wildman–Crippen LogP) is 2.32. The van der Waals surface area contributed by atoms with Crippen LogP contribution in [0.3, 0.4) is 0 Å². The van der Waals surface area contributed by atoms with Gasteiger partial charge in [-0.3, -0.25) is 0 Å². The second-order valence-electron chi connectivity index (χ2n) is 4.35. The fourth-order valence-electron chi connectivity index (χ4n) is 2.30. The van der Waals surface area contributed by atoms with Crippen LogP contribution in [-0.4, -0.2) is 24.2 Å². The molecule has 0 aromatic carbocycles. The quantitative estimate of drug-likeness (QED) is 0.867. The Hall–Kier alpha value is -1.60. The van der Waals surface area contributed by atoms with E-state index in [-0.39, 0.29) is 6.10 Å². The minimum absolute atomic E-state index is 0.277. The molecule has 17 heavy (non-hydrogen) atoms. The van der Waals surface area contributed by atoms with E-state index in [4.69, 9.17) is 10.00 Å². The fourth-order valence-corrected chi connectivity index (χ4v) is 2.30. The molecule has 1 aliphatic rings. The molecule has 0 aliphatic heterocycles. The van der Waals surface area contributed by atoms with Crippen LogP contribution in [0, 0.1) is 11.3 Å². The molecule has 1 N–H and O–H groups in total. The highest BCUT2D eigenvalue weighted by atomic mass is 16.5. The molecule has 1 aromatic heterocycles. The SMILES string of the molecule is CO[C@H]1CCCC[C@@H]1Nc1ccc(C#N)nc1. The summed E-state index contributed by atoms with van der Waals surface area (Å²) in [6, 6.07) is 5.99. The molecule has 2 atom stereocenters. The topological polar surface area (TPSA) is 57.9 Å². The van der Waals surface area contributed by atoms with Crippen molar-refractivity contribution in [3.63, 3.8) is 0 Å². The van der Waals surface area contributed by atoms with Gasteiger partial charge in [-0.25, -0.2) is 4.98 Å². The summed E-state index contributed by atoms with van der Waals surface area (Å²) in [6.07, 6.45) is 6.69. The minimum atomic E-state index is 0.277. The number of hydrogen-bond donors (Lipinski definition) is 1. The van der Waals surface area contributed by atoms with Crippen LogP contribution >= 0.6 is 0 Å². The fraction of sp³-hybridized carbons (Fsp3) is 0.538. The summed E-state index contributed by atoms with van der Waals surface area (Å²) in [5.74, 6) is 0. The third kappa shape index (κ3) is 2.95. The normalized spacial score (nSPS) is 24.0. The first-order valence-electron chi connectivity index (χ1n) is 5.99. The van der Waals surface area contributed by atoms with Crippen LogP contribution in [-0.2, 0) is 4.74 Å². The molecule has 4 nitrogen and oxygen atoms in total. The Kier molecular flexibility index (Phi) is 3.94. The first kappa shape index (κ1) is 11.9. The summed E-state index contributed by atoms with van der Waals surface area (Å²) >= 11 is 0. The van der Waals surface area contributed by atoms with E-state index in [1.165, 1.54) is 12.8 Å². The van der Waals surface area contributed by atoms with Crippen molar-refractivity contribution >= 4 is 5.69 Å². The molecule has 90 valence electrons. The first-order chi connectivity index (χ1) is 8.33. The van der Waals surface area contributed by atoms with Gasteiger partial charge in [-0.2, -0.15) is 5.26 Å². The maximum absolute atomic E-state index is 8.68. The number of pyridine rings is 1. The van der Waals surface area contributed by atoms with E-state index in [0.717, 1.165) is 18.5 Å². The smallest absolute Gasteiger partial charge is 0.140 e. The van der Waals surface area contributed by atoms with E-state index in [2.05, 4.69) is 10.3 Å². The Balaban J connectivity index is 2.01. The standard InChI is InChI=1S/C13H17N3O/c1-17-13-5-3-2-4-12(13)16-11-7-6-10(8-14)15-9-11/h6-7,9,12-13,16H,2-5H2,1H3/t12-,13-/m0/s1. The van der Waals surface area contributed by atoms with Crippen molar-refractivity contribution in [3.8, 4) is 6.07 Å². The van der Waals surface area contributed by atoms with E-state index < -0.39 is 0 Å². The monoisotopic (exact) mass is 231 g/mol. The van der Waals surface area contributed by atoms with Gasteiger partial charge in [0.05, 0.1) is 24.0 Å². The van der Waals surface area contributed by atoms with Crippen molar-refractivity contribution in [2.24, 2.45) is 0 Å². The zero-order chi connectivity index (χ0) is 12.1. The van der Waals surface area contributed by atoms with Gasteiger partial charge in [0.15, 0.2) is 0 Å². The molecule has 1 aromatic rings. The molecule has 0 spiro atoms. The van der Waals surface area contributed by atoms with Crippen molar-refractivity contribution in [2.45, 2.75) is 37.8 Å².